The maximum absolute atomic E-state index is 12.4. The first-order chi connectivity index (χ1) is 11.4. The van der Waals surface area contributed by atoms with Crippen molar-refractivity contribution in [3.8, 4) is 11.5 Å². The van der Waals surface area contributed by atoms with E-state index in [1.54, 1.807) is 12.1 Å². The molecule has 1 saturated heterocycles. The number of amides is 1. The first kappa shape index (κ1) is 16.7. The second-order valence-corrected chi connectivity index (χ2v) is 6.31. The van der Waals surface area contributed by atoms with Crippen LogP contribution in [0.3, 0.4) is 0 Å². The number of carbonyl (C=O) groups is 2. The van der Waals surface area contributed by atoms with Crippen LogP contribution >= 0.6 is 0 Å². The van der Waals surface area contributed by atoms with Crippen LogP contribution in [0.25, 0.3) is 0 Å². The molecule has 0 unspecified atom stereocenters. The Morgan fingerprint density at radius 2 is 1.79 bits per heavy atom. The molecule has 3 rings (SSSR count). The van der Waals surface area contributed by atoms with Crippen molar-refractivity contribution < 1.29 is 23.8 Å². The molecule has 0 saturated carbocycles. The number of fused-ring (bicyclic) bond motifs is 1. The van der Waals surface area contributed by atoms with Crippen LogP contribution < -0.4 is 14.8 Å². The lowest BCUT2D eigenvalue weighted by Gasteiger charge is -2.34. The molecule has 2 atom stereocenters. The number of nitrogens with zero attached hydrogens (tertiary/aromatic N) is 1. The molecule has 0 spiro atoms. The van der Waals surface area contributed by atoms with Crippen molar-refractivity contribution in [1.82, 2.24) is 4.90 Å². The predicted molar refractivity (Wildman–Crippen MR) is 87.6 cm³/mol. The van der Waals surface area contributed by atoms with E-state index in [0.29, 0.717) is 35.8 Å². The van der Waals surface area contributed by atoms with Crippen molar-refractivity contribution in [2.45, 2.75) is 33.0 Å². The van der Waals surface area contributed by atoms with Crippen LogP contribution in [0.15, 0.2) is 12.1 Å². The molecule has 7 nitrogen and oxygen atoms in total. The summed E-state index contributed by atoms with van der Waals surface area (Å²) in [5, 5.41) is 2.82. The maximum atomic E-state index is 12.4. The summed E-state index contributed by atoms with van der Waals surface area (Å²) >= 11 is 0. The SMILES string of the molecule is CC(=O)c1cc2c(cc1NC(=O)CN1C[C@H](C)O[C@@H](C)C1)OCO2. The summed E-state index contributed by atoms with van der Waals surface area (Å²) in [6.45, 7) is 7.23. The molecule has 0 aliphatic carbocycles. The van der Waals surface area contributed by atoms with Crippen LogP contribution in [0.5, 0.6) is 11.5 Å². The minimum Gasteiger partial charge on any atom is -0.454 e. The van der Waals surface area contributed by atoms with Gasteiger partial charge in [0.25, 0.3) is 0 Å². The van der Waals surface area contributed by atoms with E-state index in [1.807, 2.05) is 13.8 Å². The summed E-state index contributed by atoms with van der Waals surface area (Å²) in [5.74, 6) is 0.743. The monoisotopic (exact) mass is 334 g/mol. The number of morpholine rings is 1. The molecule has 1 N–H and O–H groups in total. The summed E-state index contributed by atoms with van der Waals surface area (Å²) in [6.07, 6.45) is 0.194. The van der Waals surface area contributed by atoms with E-state index in [0.717, 1.165) is 0 Å². The van der Waals surface area contributed by atoms with E-state index < -0.39 is 0 Å². The Morgan fingerprint density at radius 1 is 1.17 bits per heavy atom. The molecular formula is C17H22N2O5. The molecule has 1 aromatic carbocycles. The lowest BCUT2D eigenvalue weighted by atomic mass is 10.1. The summed E-state index contributed by atoms with van der Waals surface area (Å²) in [6, 6.07) is 3.25. The summed E-state index contributed by atoms with van der Waals surface area (Å²) in [5.41, 5.74) is 0.863. The van der Waals surface area contributed by atoms with Gasteiger partial charge in [-0.2, -0.15) is 0 Å². The molecular weight excluding hydrogens is 312 g/mol. The Morgan fingerprint density at radius 3 is 2.42 bits per heavy atom. The van der Waals surface area contributed by atoms with Gasteiger partial charge in [0, 0.05) is 24.7 Å². The number of nitrogens with one attached hydrogen (secondary N) is 1. The highest BCUT2D eigenvalue weighted by molar-refractivity contribution is 6.05. The number of ether oxygens (including phenoxy) is 3. The standard InChI is InChI=1S/C17H22N2O5/c1-10-6-19(7-11(2)24-10)8-17(21)18-14-5-16-15(22-9-23-16)4-13(14)12(3)20/h4-5,10-11H,6-9H2,1-3H3,(H,18,21)/t10-,11-/m0/s1. The van der Waals surface area contributed by atoms with Crippen molar-refractivity contribution >= 4 is 17.4 Å². The number of carbonyl (C=O) groups excluding carboxylic acids is 2. The first-order valence-electron chi connectivity index (χ1n) is 8.04. The van der Waals surface area contributed by atoms with Gasteiger partial charge in [-0.1, -0.05) is 0 Å². The average Bonchev–Trinajstić information content (AvgIpc) is 2.92. The minimum atomic E-state index is -0.169. The zero-order chi connectivity index (χ0) is 17.3. The van der Waals surface area contributed by atoms with Crippen LogP contribution in [0.1, 0.15) is 31.1 Å². The molecule has 1 aromatic rings. The largest absolute Gasteiger partial charge is 0.454 e. The van der Waals surface area contributed by atoms with Gasteiger partial charge in [-0.25, -0.2) is 0 Å². The van der Waals surface area contributed by atoms with E-state index in [2.05, 4.69) is 10.2 Å². The molecule has 1 amide bonds. The van der Waals surface area contributed by atoms with Gasteiger partial charge in [0.05, 0.1) is 24.4 Å². The van der Waals surface area contributed by atoms with E-state index in [4.69, 9.17) is 14.2 Å². The highest BCUT2D eigenvalue weighted by Gasteiger charge is 2.25. The van der Waals surface area contributed by atoms with Gasteiger partial charge in [0.2, 0.25) is 12.7 Å². The second kappa shape index (κ2) is 6.78. The molecule has 130 valence electrons. The van der Waals surface area contributed by atoms with Gasteiger partial charge < -0.3 is 19.5 Å². The normalized spacial score (nSPS) is 23.1. The summed E-state index contributed by atoms with van der Waals surface area (Å²) < 4.78 is 16.3. The van der Waals surface area contributed by atoms with Crippen LogP contribution in [0.2, 0.25) is 0 Å². The van der Waals surface area contributed by atoms with Gasteiger partial charge in [0.15, 0.2) is 17.3 Å². The van der Waals surface area contributed by atoms with Crippen molar-refractivity contribution in [1.29, 1.82) is 0 Å². The number of Topliss-reactive ketones (excluding diaryl/α,β-unsaturated/α-hetero) is 1. The number of hydrogen-bond donors (Lipinski definition) is 1. The van der Waals surface area contributed by atoms with E-state index >= 15 is 0 Å². The molecule has 0 bridgehead atoms. The van der Waals surface area contributed by atoms with Gasteiger partial charge in [-0.05, 0) is 26.8 Å². The number of anilines is 1. The third-order valence-electron chi connectivity index (χ3n) is 4.03. The van der Waals surface area contributed by atoms with Crippen LogP contribution in [-0.4, -0.2) is 55.2 Å². The van der Waals surface area contributed by atoms with Gasteiger partial charge in [-0.3, -0.25) is 14.5 Å². The molecule has 2 aliphatic rings. The van der Waals surface area contributed by atoms with Crippen molar-refractivity contribution in [2.24, 2.45) is 0 Å². The van der Waals surface area contributed by atoms with Crippen LogP contribution in [-0.2, 0) is 9.53 Å². The number of hydrogen-bond acceptors (Lipinski definition) is 6. The van der Waals surface area contributed by atoms with E-state index in [-0.39, 0.29) is 37.2 Å². The van der Waals surface area contributed by atoms with Crippen molar-refractivity contribution in [3.05, 3.63) is 17.7 Å². The zero-order valence-electron chi connectivity index (χ0n) is 14.1. The Kier molecular flexibility index (Phi) is 4.73. The summed E-state index contributed by atoms with van der Waals surface area (Å²) in [4.78, 5) is 26.3. The molecule has 1 fully saturated rings. The number of benzene rings is 1. The highest BCUT2D eigenvalue weighted by Crippen LogP contribution is 2.37. The van der Waals surface area contributed by atoms with E-state index in [1.165, 1.54) is 6.92 Å². The minimum absolute atomic E-state index is 0.0971. The lowest BCUT2D eigenvalue weighted by molar-refractivity contribution is -0.121. The fourth-order valence-corrected chi connectivity index (χ4v) is 3.14. The van der Waals surface area contributed by atoms with E-state index in [9.17, 15) is 9.59 Å². The first-order valence-corrected chi connectivity index (χ1v) is 8.04. The average molecular weight is 334 g/mol. The third-order valence-corrected chi connectivity index (χ3v) is 4.03. The topological polar surface area (TPSA) is 77.1 Å². The fourth-order valence-electron chi connectivity index (χ4n) is 3.14. The predicted octanol–water partition coefficient (Wildman–Crippen LogP) is 1.67. The Bertz CT molecular complexity index is 651. The second-order valence-electron chi connectivity index (χ2n) is 6.31. The quantitative estimate of drug-likeness (QED) is 0.844. The number of rotatable bonds is 4. The number of ketones is 1. The molecule has 2 aliphatic heterocycles. The Hall–Kier alpha value is -2.12. The third kappa shape index (κ3) is 3.68. The van der Waals surface area contributed by atoms with Gasteiger partial charge in [-0.15, -0.1) is 0 Å². The maximum Gasteiger partial charge on any atom is 0.238 e. The van der Waals surface area contributed by atoms with Crippen LogP contribution in [0.4, 0.5) is 5.69 Å². The Labute approximate surface area is 140 Å². The fraction of sp³-hybridized carbons (Fsp3) is 0.529. The molecule has 0 radical (unpaired) electrons. The molecule has 2 heterocycles. The van der Waals surface area contributed by atoms with Crippen molar-refractivity contribution in [2.75, 3.05) is 31.7 Å². The zero-order valence-corrected chi connectivity index (χ0v) is 14.1. The molecule has 0 aromatic heterocycles. The van der Waals surface area contributed by atoms with Gasteiger partial charge in [0.1, 0.15) is 0 Å². The molecule has 24 heavy (non-hydrogen) atoms. The van der Waals surface area contributed by atoms with Gasteiger partial charge >= 0.3 is 0 Å². The smallest absolute Gasteiger partial charge is 0.238 e. The molecule has 7 heteroatoms. The Balaban J connectivity index is 1.71. The lowest BCUT2D eigenvalue weighted by Crippen LogP contribution is -2.48. The highest BCUT2D eigenvalue weighted by atomic mass is 16.7. The van der Waals surface area contributed by atoms with Crippen LogP contribution in [0, 0.1) is 0 Å². The summed E-state index contributed by atoms with van der Waals surface area (Å²) in [7, 11) is 0. The van der Waals surface area contributed by atoms with Crippen molar-refractivity contribution in [3.63, 3.8) is 0 Å².